The van der Waals surface area contributed by atoms with Crippen molar-refractivity contribution in [2.45, 2.75) is 80.3 Å². The van der Waals surface area contributed by atoms with E-state index >= 15 is 0 Å². The van der Waals surface area contributed by atoms with Gasteiger partial charge in [-0.3, -0.25) is 38.4 Å². The van der Waals surface area contributed by atoms with Gasteiger partial charge in [-0.05, 0) is 19.8 Å². The van der Waals surface area contributed by atoms with Gasteiger partial charge < -0.3 is 36.6 Å². The Morgan fingerprint density at radius 3 is 1.39 bits per heavy atom. The SMILES string of the molecule is CC(=O)CNC(=O)[C@H](C)NC(=O)CNC(=O)[C@H](CC(=O)O)NC(C)=O.CC(=O)O.CC(C)C.CCC(=O)O. The Kier molecular flexibility index (Phi) is 26.7. The molecule has 0 spiro atoms. The number of rotatable bonds is 11. The van der Waals surface area contributed by atoms with Gasteiger partial charge in [-0.15, -0.1) is 0 Å². The summed E-state index contributed by atoms with van der Waals surface area (Å²) in [4.78, 5) is 85.9. The number of carboxylic acids is 3. The van der Waals surface area contributed by atoms with E-state index in [9.17, 15) is 33.6 Å². The van der Waals surface area contributed by atoms with Crippen LogP contribution in [0.2, 0.25) is 0 Å². The van der Waals surface area contributed by atoms with Crippen molar-refractivity contribution in [1.29, 1.82) is 0 Å². The monoisotopic (exact) mass is 550 g/mol. The second-order valence-corrected chi connectivity index (χ2v) is 8.28. The Hall–Kier alpha value is -4.04. The molecule has 15 nitrogen and oxygen atoms in total. The van der Waals surface area contributed by atoms with E-state index in [4.69, 9.17) is 20.1 Å². The summed E-state index contributed by atoms with van der Waals surface area (Å²) in [5.41, 5.74) is 0. The van der Waals surface area contributed by atoms with Crippen LogP contribution in [-0.4, -0.2) is 87.8 Å². The molecule has 0 radical (unpaired) electrons. The molecule has 15 heteroatoms. The summed E-state index contributed by atoms with van der Waals surface area (Å²) in [7, 11) is 0. The molecule has 0 fully saturated rings. The molecule has 0 aromatic heterocycles. The van der Waals surface area contributed by atoms with E-state index in [0.29, 0.717) is 0 Å². The second kappa shape index (κ2) is 24.6. The number of hydrogen-bond donors (Lipinski definition) is 7. The van der Waals surface area contributed by atoms with Gasteiger partial charge in [0, 0.05) is 20.3 Å². The molecule has 0 aliphatic rings. The van der Waals surface area contributed by atoms with E-state index in [1.165, 1.54) is 13.8 Å². The van der Waals surface area contributed by atoms with E-state index in [1.54, 1.807) is 6.92 Å². The molecule has 0 aromatic carbocycles. The highest BCUT2D eigenvalue weighted by molar-refractivity contribution is 5.94. The molecular weight excluding hydrogens is 508 g/mol. The summed E-state index contributed by atoms with van der Waals surface area (Å²) in [6, 6.07) is -2.26. The summed E-state index contributed by atoms with van der Waals surface area (Å²) >= 11 is 0. The van der Waals surface area contributed by atoms with Crippen LogP contribution >= 0.6 is 0 Å². The second-order valence-electron chi connectivity index (χ2n) is 8.28. The fourth-order valence-corrected chi connectivity index (χ4v) is 1.64. The number of hydrogen-bond acceptors (Lipinski definition) is 8. The predicted octanol–water partition coefficient (Wildman–Crippen LogP) is -0.474. The van der Waals surface area contributed by atoms with Crippen LogP contribution in [0.15, 0.2) is 0 Å². The molecule has 0 saturated heterocycles. The van der Waals surface area contributed by atoms with Crippen LogP contribution in [0, 0.1) is 5.92 Å². The number of carboxylic acid groups (broad SMARTS) is 3. The van der Waals surface area contributed by atoms with Gasteiger partial charge >= 0.3 is 11.9 Å². The van der Waals surface area contributed by atoms with Gasteiger partial charge in [0.2, 0.25) is 23.6 Å². The highest BCUT2D eigenvalue weighted by Crippen LogP contribution is 1.93. The Bertz CT molecular complexity index is 775. The Morgan fingerprint density at radius 2 is 1.08 bits per heavy atom. The molecule has 0 aliphatic heterocycles. The lowest BCUT2D eigenvalue weighted by Crippen LogP contribution is -2.51. The standard InChI is InChI=1S/C14H22N4O7.C4H10.C3H6O2.C2H4O2/c1-7(19)5-15-13(24)8(2)17-11(21)6-16-14(25)10(4-12(22)23)18-9(3)20;1-4(2)3;1-2-3(4)5;1-2(3)4/h8,10H,4-6H2,1-3H3,(H,15,24)(H,16,25)(H,17,21)(H,18,20)(H,22,23);4H,1-3H3;2H2,1H3,(H,4,5);1H3,(H,3,4)/t8-,10-;;;/m0.../s1. The fraction of sp³-hybridized carbons (Fsp3) is 0.652. The molecule has 0 aromatic rings. The van der Waals surface area contributed by atoms with E-state index in [0.717, 1.165) is 19.8 Å². The summed E-state index contributed by atoms with van der Waals surface area (Å²) in [5.74, 6) is -5.00. The zero-order valence-electron chi connectivity index (χ0n) is 23.2. The number of carbonyl (C=O) groups excluding carboxylic acids is 5. The molecular formula is C23H42N4O11. The van der Waals surface area contributed by atoms with Gasteiger partial charge in [0.1, 0.15) is 17.9 Å². The van der Waals surface area contributed by atoms with Crippen LogP contribution in [-0.2, 0) is 38.4 Å². The van der Waals surface area contributed by atoms with Gasteiger partial charge in [-0.2, -0.15) is 0 Å². The van der Waals surface area contributed by atoms with Gasteiger partial charge in [0.05, 0.1) is 19.5 Å². The average molecular weight is 551 g/mol. The lowest BCUT2D eigenvalue weighted by Gasteiger charge is -2.17. The highest BCUT2D eigenvalue weighted by atomic mass is 16.4. The third kappa shape index (κ3) is 39.2. The fourth-order valence-electron chi connectivity index (χ4n) is 1.64. The maximum Gasteiger partial charge on any atom is 0.305 e. The van der Waals surface area contributed by atoms with Crippen LogP contribution in [0.1, 0.15) is 68.2 Å². The minimum Gasteiger partial charge on any atom is -0.481 e. The van der Waals surface area contributed by atoms with Crippen LogP contribution in [0.3, 0.4) is 0 Å². The maximum atomic E-state index is 11.8. The van der Waals surface area contributed by atoms with Gasteiger partial charge in [-0.1, -0.05) is 27.7 Å². The first-order valence-corrected chi connectivity index (χ1v) is 11.5. The van der Waals surface area contributed by atoms with E-state index in [2.05, 4.69) is 42.0 Å². The predicted molar refractivity (Wildman–Crippen MR) is 136 cm³/mol. The zero-order chi connectivity index (χ0) is 31.0. The minimum atomic E-state index is -1.32. The molecule has 0 unspecified atom stereocenters. The normalized spacial score (nSPS) is 10.7. The number of amides is 4. The third-order valence-corrected chi connectivity index (χ3v) is 3.08. The zero-order valence-corrected chi connectivity index (χ0v) is 23.2. The van der Waals surface area contributed by atoms with E-state index in [1.807, 2.05) is 0 Å². The van der Waals surface area contributed by atoms with Crippen molar-refractivity contribution in [2.75, 3.05) is 13.1 Å². The van der Waals surface area contributed by atoms with Crippen molar-refractivity contribution >= 4 is 47.3 Å². The molecule has 38 heavy (non-hydrogen) atoms. The van der Waals surface area contributed by atoms with Crippen molar-refractivity contribution < 1.29 is 53.7 Å². The van der Waals surface area contributed by atoms with Gasteiger partial charge in [0.15, 0.2) is 0 Å². The van der Waals surface area contributed by atoms with Crippen molar-refractivity contribution in [3.8, 4) is 0 Å². The molecule has 0 aliphatic carbocycles. The topological polar surface area (TPSA) is 245 Å². The minimum absolute atomic E-state index is 0.163. The van der Waals surface area contributed by atoms with E-state index < -0.39 is 66.6 Å². The lowest BCUT2D eigenvalue weighted by molar-refractivity contribution is -0.140. The summed E-state index contributed by atoms with van der Waals surface area (Å²) < 4.78 is 0. The molecule has 2 atom stereocenters. The molecule has 220 valence electrons. The molecule has 0 rings (SSSR count). The van der Waals surface area contributed by atoms with Crippen LogP contribution < -0.4 is 21.3 Å². The lowest BCUT2D eigenvalue weighted by atomic mass is 10.2. The largest absolute Gasteiger partial charge is 0.481 e. The van der Waals surface area contributed by atoms with Crippen LogP contribution in [0.25, 0.3) is 0 Å². The number of ketones is 1. The third-order valence-electron chi connectivity index (χ3n) is 3.08. The molecule has 0 bridgehead atoms. The molecule has 4 amide bonds. The Labute approximate surface area is 222 Å². The Balaban J connectivity index is -0.000000364. The first kappa shape index (κ1) is 41.1. The van der Waals surface area contributed by atoms with Crippen molar-refractivity contribution in [2.24, 2.45) is 5.92 Å². The van der Waals surface area contributed by atoms with Gasteiger partial charge in [-0.25, -0.2) is 0 Å². The number of aliphatic carboxylic acids is 3. The number of Topliss-reactive ketones (excluding diaryl/α,β-unsaturated/α-hetero) is 1. The first-order valence-electron chi connectivity index (χ1n) is 11.5. The van der Waals surface area contributed by atoms with Crippen molar-refractivity contribution in [3.05, 3.63) is 0 Å². The van der Waals surface area contributed by atoms with Crippen molar-refractivity contribution in [3.63, 3.8) is 0 Å². The van der Waals surface area contributed by atoms with Crippen LogP contribution in [0.4, 0.5) is 0 Å². The summed E-state index contributed by atoms with van der Waals surface area (Å²) in [5, 5.41) is 32.8. The summed E-state index contributed by atoms with van der Waals surface area (Å²) in [6.07, 6.45) is -0.420. The van der Waals surface area contributed by atoms with Gasteiger partial charge in [0.25, 0.3) is 5.97 Å². The quantitative estimate of drug-likeness (QED) is 0.173. The first-order chi connectivity index (χ1) is 17.3. The smallest absolute Gasteiger partial charge is 0.305 e. The highest BCUT2D eigenvalue weighted by Gasteiger charge is 2.23. The number of carbonyl (C=O) groups is 8. The molecule has 0 saturated carbocycles. The van der Waals surface area contributed by atoms with Crippen molar-refractivity contribution in [1.82, 2.24) is 21.3 Å². The van der Waals surface area contributed by atoms with E-state index in [-0.39, 0.29) is 18.7 Å². The van der Waals surface area contributed by atoms with Crippen LogP contribution in [0.5, 0.6) is 0 Å². The number of nitrogens with one attached hydrogen (secondary N) is 4. The average Bonchev–Trinajstić information content (AvgIpc) is 2.74. The summed E-state index contributed by atoms with van der Waals surface area (Å²) in [6.45, 7) is 12.3. The Morgan fingerprint density at radius 1 is 0.684 bits per heavy atom. The molecule has 0 heterocycles. The molecule has 7 N–H and O–H groups in total. The maximum absolute atomic E-state index is 11.8.